The number of benzene rings is 3. The van der Waals surface area contributed by atoms with Crippen LogP contribution in [0.5, 0.6) is 17.2 Å². The lowest BCUT2D eigenvalue weighted by atomic mass is 9.97. The first-order valence-electron chi connectivity index (χ1n) is 11.2. The van der Waals surface area contributed by atoms with Crippen molar-refractivity contribution in [2.75, 3.05) is 24.8 Å². The van der Waals surface area contributed by atoms with Crippen molar-refractivity contribution in [2.45, 2.75) is 19.9 Å². The van der Waals surface area contributed by atoms with E-state index in [1.54, 1.807) is 0 Å². The van der Waals surface area contributed by atoms with E-state index >= 15 is 0 Å². The summed E-state index contributed by atoms with van der Waals surface area (Å²) in [6, 6.07) is 17.5. The summed E-state index contributed by atoms with van der Waals surface area (Å²) < 4.78 is 23.3. The van der Waals surface area contributed by atoms with Gasteiger partial charge in [-0.2, -0.15) is 0 Å². The topological polar surface area (TPSA) is 61.1 Å². The summed E-state index contributed by atoms with van der Waals surface area (Å²) in [5.74, 6) is 1.99. The summed E-state index contributed by atoms with van der Waals surface area (Å²) in [7, 11) is 0. The number of ether oxygens (including phenoxy) is 3. The Balaban J connectivity index is 1.42. The number of aryl methyl sites for hydroxylation is 1. The number of hydrogen-bond acceptors (Lipinski definition) is 6. The molecule has 0 aliphatic carbocycles. The summed E-state index contributed by atoms with van der Waals surface area (Å²) in [6.45, 7) is 3.80. The fraction of sp³-hybridized carbons (Fsp3) is 0.222. The van der Waals surface area contributed by atoms with E-state index in [0.717, 1.165) is 33.5 Å². The Labute approximate surface area is 201 Å². The highest BCUT2D eigenvalue weighted by molar-refractivity contribution is 6.33. The van der Waals surface area contributed by atoms with Crippen LogP contribution in [0, 0.1) is 6.92 Å². The van der Waals surface area contributed by atoms with Gasteiger partial charge in [0, 0.05) is 29.1 Å². The highest BCUT2D eigenvalue weighted by Gasteiger charge is 2.27. The van der Waals surface area contributed by atoms with Crippen molar-refractivity contribution in [1.82, 2.24) is 0 Å². The van der Waals surface area contributed by atoms with Gasteiger partial charge >= 0.3 is 5.63 Å². The average molecular weight is 476 g/mol. The molecule has 4 aromatic rings. The Morgan fingerprint density at radius 3 is 2.59 bits per heavy atom. The second-order valence-corrected chi connectivity index (χ2v) is 8.90. The van der Waals surface area contributed by atoms with Gasteiger partial charge in [-0.15, -0.1) is 0 Å². The number of anilines is 1. The molecule has 0 amide bonds. The predicted molar refractivity (Wildman–Crippen MR) is 131 cm³/mol. The maximum Gasteiger partial charge on any atom is 0.340 e. The van der Waals surface area contributed by atoms with Gasteiger partial charge in [-0.3, -0.25) is 0 Å². The molecule has 0 saturated carbocycles. The van der Waals surface area contributed by atoms with E-state index in [2.05, 4.69) is 0 Å². The summed E-state index contributed by atoms with van der Waals surface area (Å²) in [4.78, 5) is 15.1. The number of rotatable bonds is 3. The van der Waals surface area contributed by atoms with Gasteiger partial charge in [0.1, 0.15) is 24.5 Å². The van der Waals surface area contributed by atoms with Crippen molar-refractivity contribution in [3.63, 3.8) is 0 Å². The third-order valence-electron chi connectivity index (χ3n) is 6.41. The quantitative estimate of drug-likeness (QED) is 0.366. The summed E-state index contributed by atoms with van der Waals surface area (Å²) in [5, 5.41) is 1.33. The van der Waals surface area contributed by atoms with Crippen LogP contribution in [0.25, 0.3) is 11.0 Å². The largest absolute Gasteiger partial charge is 0.486 e. The molecule has 7 heteroatoms. The Morgan fingerprint density at radius 1 is 0.971 bits per heavy atom. The molecule has 0 fully saturated rings. The minimum absolute atomic E-state index is 0.313. The van der Waals surface area contributed by atoms with E-state index in [4.69, 9.17) is 30.2 Å². The average Bonchev–Trinajstić information content (AvgIpc) is 2.87. The Bertz CT molecular complexity index is 1460. The van der Waals surface area contributed by atoms with Gasteiger partial charge in [-0.1, -0.05) is 41.9 Å². The Hall–Kier alpha value is -3.64. The maximum absolute atomic E-state index is 13.1. The minimum Gasteiger partial charge on any atom is -0.486 e. The molecule has 1 aromatic heterocycles. The van der Waals surface area contributed by atoms with Crippen LogP contribution in [0.1, 0.15) is 22.3 Å². The lowest BCUT2D eigenvalue weighted by Gasteiger charge is -2.32. The lowest BCUT2D eigenvalue weighted by molar-refractivity contribution is 0.171. The molecule has 6 rings (SSSR count). The van der Waals surface area contributed by atoms with Crippen LogP contribution < -0.4 is 24.7 Å². The van der Waals surface area contributed by atoms with Gasteiger partial charge in [-0.05, 0) is 36.2 Å². The number of fused-ring (bicyclic) bond motifs is 4. The molecule has 3 heterocycles. The summed E-state index contributed by atoms with van der Waals surface area (Å²) in [5.41, 5.74) is 4.41. The highest BCUT2D eigenvalue weighted by atomic mass is 35.5. The molecule has 0 spiro atoms. The second kappa shape index (κ2) is 8.29. The van der Waals surface area contributed by atoms with Gasteiger partial charge in [0.05, 0.1) is 17.1 Å². The van der Waals surface area contributed by atoms with Crippen molar-refractivity contribution in [2.24, 2.45) is 0 Å². The van der Waals surface area contributed by atoms with E-state index in [0.29, 0.717) is 60.6 Å². The van der Waals surface area contributed by atoms with E-state index in [-0.39, 0.29) is 5.63 Å². The SMILES string of the molecule is Cc1c(Cc2ccccc2)c(=O)oc2c3c(c(Cl)cc12)OCN(c1ccc2c(c1)OCCO2)C3. The summed E-state index contributed by atoms with van der Waals surface area (Å²) in [6.07, 6.45) is 0.499. The maximum atomic E-state index is 13.1. The zero-order valence-electron chi connectivity index (χ0n) is 18.6. The van der Waals surface area contributed by atoms with Crippen molar-refractivity contribution < 1.29 is 18.6 Å². The monoisotopic (exact) mass is 475 g/mol. The normalized spacial score (nSPS) is 14.6. The molecule has 3 aromatic carbocycles. The predicted octanol–water partition coefficient (Wildman–Crippen LogP) is 5.47. The molecule has 34 heavy (non-hydrogen) atoms. The van der Waals surface area contributed by atoms with E-state index in [1.165, 1.54) is 0 Å². The van der Waals surface area contributed by atoms with E-state index in [1.807, 2.05) is 66.4 Å². The summed E-state index contributed by atoms with van der Waals surface area (Å²) >= 11 is 6.63. The smallest absolute Gasteiger partial charge is 0.340 e. The molecular weight excluding hydrogens is 454 g/mol. The molecule has 2 aliphatic rings. The van der Waals surface area contributed by atoms with E-state index < -0.39 is 0 Å². The zero-order valence-corrected chi connectivity index (χ0v) is 19.4. The van der Waals surface area contributed by atoms with Crippen LogP contribution in [-0.4, -0.2) is 19.9 Å². The van der Waals surface area contributed by atoms with Gasteiger partial charge < -0.3 is 23.5 Å². The number of nitrogens with zero attached hydrogens (tertiary/aromatic N) is 1. The van der Waals surface area contributed by atoms with Crippen molar-refractivity contribution in [1.29, 1.82) is 0 Å². The van der Waals surface area contributed by atoms with Crippen LogP contribution in [0.2, 0.25) is 5.02 Å². The molecule has 0 saturated heterocycles. The third-order valence-corrected chi connectivity index (χ3v) is 6.69. The van der Waals surface area contributed by atoms with Crippen LogP contribution in [0.15, 0.2) is 63.8 Å². The molecule has 6 nitrogen and oxygen atoms in total. The van der Waals surface area contributed by atoms with E-state index in [9.17, 15) is 4.79 Å². The minimum atomic E-state index is -0.338. The molecule has 0 atom stereocenters. The highest BCUT2D eigenvalue weighted by Crippen LogP contribution is 2.42. The molecule has 0 unspecified atom stereocenters. The standard InChI is InChI=1S/C27H22ClNO5/c1-16-19-13-22(28)26-21(25(19)34-27(30)20(16)11-17-5-3-2-4-6-17)14-29(15-33-26)18-7-8-23-24(12-18)32-10-9-31-23/h2-8,12-13H,9-11,14-15H2,1H3. The molecule has 0 bridgehead atoms. The molecule has 2 aliphatic heterocycles. The first kappa shape index (κ1) is 20.9. The Kier molecular flexibility index (Phi) is 5.11. The second-order valence-electron chi connectivity index (χ2n) is 8.50. The van der Waals surface area contributed by atoms with Crippen molar-refractivity contribution in [3.8, 4) is 17.2 Å². The zero-order chi connectivity index (χ0) is 23.2. The number of halogens is 1. The molecular formula is C27H22ClNO5. The van der Waals surface area contributed by atoms with Crippen LogP contribution >= 0.6 is 11.6 Å². The fourth-order valence-electron chi connectivity index (χ4n) is 4.61. The molecule has 0 radical (unpaired) electrons. The molecule has 0 N–H and O–H groups in total. The Morgan fingerprint density at radius 2 is 1.76 bits per heavy atom. The fourth-order valence-corrected chi connectivity index (χ4v) is 4.89. The first-order valence-corrected chi connectivity index (χ1v) is 11.6. The van der Waals surface area contributed by atoms with Gasteiger partial charge in [0.25, 0.3) is 0 Å². The lowest BCUT2D eigenvalue weighted by Crippen LogP contribution is -2.32. The third kappa shape index (κ3) is 3.55. The van der Waals surface area contributed by atoms with Crippen molar-refractivity contribution >= 4 is 28.3 Å². The van der Waals surface area contributed by atoms with Crippen LogP contribution in [0.3, 0.4) is 0 Å². The molecule has 172 valence electrons. The van der Waals surface area contributed by atoms with Gasteiger partial charge in [0.15, 0.2) is 18.2 Å². The first-order chi connectivity index (χ1) is 16.6. The number of hydrogen-bond donors (Lipinski definition) is 0. The van der Waals surface area contributed by atoms with Crippen LogP contribution in [0.4, 0.5) is 5.69 Å². The van der Waals surface area contributed by atoms with Crippen LogP contribution in [-0.2, 0) is 13.0 Å². The van der Waals surface area contributed by atoms with Gasteiger partial charge in [0.2, 0.25) is 0 Å². The van der Waals surface area contributed by atoms with Gasteiger partial charge in [-0.25, -0.2) is 4.79 Å². The van der Waals surface area contributed by atoms with Crippen molar-refractivity contribution in [3.05, 3.63) is 92.3 Å².